The van der Waals surface area contributed by atoms with Gasteiger partial charge < -0.3 is 15.3 Å². The van der Waals surface area contributed by atoms with Gasteiger partial charge in [0, 0.05) is 0 Å². The molecule has 3 N–H and O–H groups in total. The summed E-state index contributed by atoms with van der Waals surface area (Å²) in [5.41, 5.74) is -0.352. The second-order valence-electron chi connectivity index (χ2n) is 11.6. The van der Waals surface area contributed by atoms with E-state index in [0.29, 0.717) is 6.42 Å². The molecule has 4 aliphatic rings. The zero-order valence-electron chi connectivity index (χ0n) is 19.2. The van der Waals surface area contributed by atoms with Crippen LogP contribution >= 0.6 is 0 Å². The Hall–Kier alpha value is -1.85. The van der Waals surface area contributed by atoms with Crippen LogP contribution in [0.2, 0.25) is 0 Å². The number of allylic oxidation sites excluding steroid dienone is 2. The fraction of sp³-hybridized carbons (Fsp3) is 0.800. The van der Waals surface area contributed by atoms with E-state index in [1.54, 1.807) is 0 Å². The first kappa shape index (κ1) is 22.3. The molecule has 0 amide bonds. The van der Waals surface area contributed by atoms with E-state index in [-0.39, 0.29) is 40.4 Å². The highest BCUT2D eigenvalue weighted by Crippen LogP contribution is 2.81. The smallest absolute Gasteiger partial charge is 0.309 e. The molecule has 6 heteroatoms. The van der Waals surface area contributed by atoms with Gasteiger partial charge in [-0.25, -0.2) is 0 Å². The van der Waals surface area contributed by atoms with Crippen molar-refractivity contribution >= 4 is 17.9 Å². The molecule has 0 heterocycles. The van der Waals surface area contributed by atoms with Crippen LogP contribution in [0.3, 0.4) is 0 Å². The Labute approximate surface area is 184 Å². The fourth-order valence-electron chi connectivity index (χ4n) is 8.77. The molecule has 3 saturated carbocycles. The molecule has 31 heavy (non-hydrogen) atoms. The molecule has 0 aliphatic heterocycles. The van der Waals surface area contributed by atoms with Crippen LogP contribution in [0.15, 0.2) is 11.6 Å². The zero-order chi connectivity index (χ0) is 23.1. The van der Waals surface area contributed by atoms with Gasteiger partial charge in [-0.05, 0) is 73.0 Å². The van der Waals surface area contributed by atoms with E-state index in [0.717, 1.165) is 31.3 Å². The SMILES string of the molecule is CC(C)C1=CC23CCC4C(C)(C(=O)O)CCCC4(C)C2C3C(C(=O)O)C(C(=O)O)C1C. The number of fused-ring (bicyclic) bond motifs is 3. The average molecular weight is 433 g/mol. The summed E-state index contributed by atoms with van der Waals surface area (Å²) < 4.78 is 0. The largest absolute Gasteiger partial charge is 0.481 e. The molecule has 3 fully saturated rings. The summed E-state index contributed by atoms with van der Waals surface area (Å²) in [4.78, 5) is 37.2. The molecule has 172 valence electrons. The summed E-state index contributed by atoms with van der Waals surface area (Å²) in [7, 11) is 0. The maximum Gasteiger partial charge on any atom is 0.309 e. The average Bonchev–Trinajstić information content (AvgIpc) is 3.33. The van der Waals surface area contributed by atoms with Gasteiger partial charge in [0.25, 0.3) is 0 Å². The van der Waals surface area contributed by atoms with Gasteiger partial charge in [0.15, 0.2) is 0 Å². The van der Waals surface area contributed by atoms with Gasteiger partial charge >= 0.3 is 17.9 Å². The third-order valence-electron chi connectivity index (χ3n) is 10.0. The lowest BCUT2D eigenvalue weighted by molar-refractivity contribution is -0.164. The van der Waals surface area contributed by atoms with Crippen molar-refractivity contribution in [3.05, 3.63) is 11.6 Å². The third-order valence-corrected chi connectivity index (χ3v) is 10.0. The minimum Gasteiger partial charge on any atom is -0.481 e. The van der Waals surface area contributed by atoms with Gasteiger partial charge in [-0.2, -0.15) is 0 Å². The monoisotopic (exact) mass is 432 g/mol. The molecule has 6 nitrogen and oxygen atoms in total. The molecule has 9 atom stereocenters. The van der Waals surface area contributed by atoms with Crippen molar-refractivity contribution in [2.75, 3.05) is 0 Å². The first-order chi connectivity index (χ1) is 14.3. The van der Waals surface area contributed by atoms with Gasteiger partial charge in [-0.15, -0.1) is 0 Å². The molecule has 0 radical (unpaired) electrons. The fourth-order valence-corrected chi connectivity index (χ4v) is 8.77. The first-order valence-electron chi connectivity index (χ1n) is 11.7. The Morgan fingerprint density at radius 3 is 2.13 bits per heavy atom. The van der Waals surface area contributed by atoms with Crippen molar-refractivity contribution in [3.8, 4) is 0 Å². The van der Waals surface area contributed by atoms with Crippen LogP contribution < -0.4 is 0 Å². The topological polar surface area (TPSA) is 112 Å². The minimum absolute atomic E-state index is 0.0140. The van der Waals surface area contributed by atoms with Crippen LogP contribution in [0, 0.1) is 57.7 Å². The molecule has 9 unspecified atom stereocenters. The van der Waals surface area contributed by atoms with Crippen molar-refractivity contribution in [2.45, 2.75) is 66.7 Å². The lowest BCUT2D eigenvalue weighted by Gasteiger charge is -2.54. The molecular formula is C25H36O6. The molecule has 1 spiro atoms. The van der Waals surface area contributed by atoms with E-state index >= 15 is 0 Å². The number of hydrogen-bond acceptors (Lipinski definition) is 3. The second-order valence-corrected chi connectivity index (χ2v) is 11.6. The highest BCUT2D eigenvalue weighted by Gasteiger charge is 2.78. The molecule has 4 aliphatic carbocycles. The molecule has 0 bridgehead atoms. The number of rotatable bonds is 4. The summed E-state index contributed by atoms with van der Waals surface area (Å²) >= 11 is 0. The third kappa shape index (κ3) is 2.78. The Morgan fingerprint density at radius 2 is 1.61 bits per heavy atom. The zero-order valence-corrected chi connectivity index (χ0v) is 19.2. The van der Waals surface area contributed by atoms with Crippen molar-refractivity contribution in [1.29, 1.82) is 0 Å². The minimum atomic E-state index is -1.03. The normalized spacial score (nSPS) is 48.5. The van der Waals surface area contributed by atoms with Gasteiger partial charge in [0.1, 0.15) is 0 Å². The highest BCUT2D eigenvalue weighted by molar-refractivity contribution is 5.82. The summed E-state index contributed by atoms with van der Waals surface area (Å²) in [6.45, 7) is 10.0. The summed E-state index contributed by atoms with van der Waals surface area (Å²) in [6, 6.07) is 0. The van der Waals surface area contributed by atoms with E-state index in [9.17, 15) is 29.7 Å². The van der Waals surface area contributed by atoms with Gasteiger partial charge in [0.2, 0.25) is 0 Å². The van der Waals surface area contributed by atoms with Crippen LogP contribution in [0.25, 0.3) is 0 Å². The van der Waals surface area contributed by atoms with Crippen LogP contribution in [-0.2, 0) is 14.4 Å². The summed E-state index contributed by atoms with van der Waals surface area (Å²) in [5, 5.41) is 30.4. The quantitative estimate of drug-likeness (QED) is 0.562. The van der Waals surface area contributed by atoms with Crippen molar-refractivity contribution in [1.82, 2.24) is 0 Å². The number of carboxylic acid groups (broad SMARTS) is 3. The van der Waals surface area contributed by atoms with Crippen LogP contribution in [0.4, 0.5) is 0 Å². The van der Waals surface area contributed by atoms with E-state index in [1.807, 2.05) is 13.8 Å². The van der Waals surface area contributed by atoms with E-state index < -0.39 is 35.2 Å². The lowest BCUT2D eigenvalue weighted by Crippen LogP contribution is -2.51. The lowest BCUT2D eigenvalue weighted by atomic mass is 9.49. The number of aliphatic carboxylic acids is 3. The summed E-state index contributed by atoms with van der Waals surface area (Å²) in [5.74, 6) is -5.13. The predicted octanol–water partition coefficient (Wildman–Crippen LogP) is 4.54. The van der Waals surface area contributed by atoms with Gasteiger partial charge in [0.05, 0.1) is 17.3 Å². The predicted molar refractivity (Wildman–Crippen MR) is 114 cm³/mol. The van der Waals surface area contributed by atoms with Crippen LogP contribution in [-0.4, -0.2) is 33.2 Å². The number of carboxylic acids is 3. The maximum atomic E-state index is 12.5. The number of hydrogen-bond donors (Lipinski definition) is 3. The number of carbonyl (C=O) groups is 3. The standard InChI is InChI=1S/C25H36O6/c1-12(2)14-11-25-10-7-15-23(4,8-6-9-24(15,5)22(30)31)19(25)18(25)17(21(28)29)16(13(14)3)20(26)27/h11-13,15-19H,6-10H2,1-5H3,(H,26,27)(H,28,29)(H,30,31). The molecule has 0 aromatic carbocycles. The van der Waals surface area contributed by atoms with E-state index in [2.05, 4.69) is 26.8 Å². The first-order valence-corrected chi connectivity index (χ1v) is 11.7. The maximum absolute atomic E-state index is 12.5. The Balaban J connectivity index is 1.88. The Bertz CT molecular complexity index is 860. The molecular weight excluding hydrogens is 396 g/mol. The molecule has 4 rings (SSSR count). The molecule has 0 aromatic heterocycles. The van der Waals surface area contributed by atoms with E-state index in [4.69, 9.17) is 0 Å². The highest BCUT2D eigenvalue weighted by atomic mass is 16.4. The molecule has 0 aromatic rings. The summed E-state index contributed by atoms with van der Waals surface area (Å²) in [6.07, 6.45) is 6.12. The van der Waals surface area contributed by atoms with Crippen LogP contribution in [0.1, 0.15) is 66.7 Å². The van der Waals surface area contributed by atoms with Crippen LogP contribution in [0.5, 0.6) is 0 Å². The van der Waals surface area contributed by atoms with Gasteiger partial charge in [-0.1, -0.05) is 45.8 Å². The molecule has 0 saturated heterocycles. The second kappa shape index (κ2) is 6.82. The van der Waals surface area contributed by atoms with E-state index in [1.165, 1.54) is 0 Å². The van der Waals surface area contributed by atoms with Crippen molar-refractivity contribution in [3.63, 3.8) is 0 Å². The Kier molecular flexibility index (Phi) is 4.92. The van der Waals surface area contributed by atoms with Gasteiger partial charge in [-0.3, -0.25) is 14.4 Å². The van der Waals surface area contributed by atoms with Crippen molar-refractivity contribution < 1.29 is 29.7 Å². The Morgan fingerprint density at radius 1 is 1.00 bits per heavy atom. The van der Waals surface area contributed by atoms with Crippen molar-refractivity contribution in [2.24, 2.45) is 57.7 Å².